The minimum Gasteiger partial charge on any atom is -0.377 e. The monoisotopic (exact) mass is 226 g/mol. The second-order valence-electron chi connectivity index (χ2n) is 4.42. The van der Waals surface area contributed by atoms with Crippen LogP contribution < -0.4 is 5.32 Å². The number of hydrogen-bond acceptors (Lipinski definition) is 4. The molecule has 5 heteroatoms. The van der Waals surface area contributed by atoms with Crippen molar-refractivity contribution in [2.75, 3.05) is 13.7 Å². The van der Waals surface area contributed by atoms with E-state index in [1.165, 1.54) is 0 Å². The first kappa shape index (κ1) is 13.1. The molecule has 1 aromatic rings. The number of aryl methyl sites for hydroxylation is 1. The lowest BCUT2D eigenvalue weighted by Gasteiger charge is -2.33. The Morgan fingerprint density at radius 1 is 1.56 bits per heavy atom. The minimum absolute atomic E-state index is 0.220. The van der Waals surface area contributed by atoms with E-state index in [4.69, 9.17) is 4.74 Å². The zero-order valence-corrected chi connectivity index (χ0v) is 10.8. The van der Waals surface area contributed by atoms with Crippen LogP contribution in [0.5, 0.6) is 0 Å². The number of methoxy groups -OCH3 is 1. The number of likely N-dealkylation sites (N-methyl/N-ethyl adjacent to an activating group) is 1. The van der Waals surface area contributed by atoms with Crippen LogP contribution in [0.3, 0.4) is 0 Å². The molecule has 1 N–H and O–H groups in total. The summed E-state index contributed by atoms with van der Waals surface area (Å²) in [6.45, 7) is 7.16. The topological polar surface area (TPSA) is 52.0 Å². The third-order valence-electron chi connectivity index (χ3n) is 3.01. The van der Waals surface area contributed by atoms with Gasteiger partial charge in [-0.25, -0.2) is 4.98 Å². The molecule has 0 bridgehead atoms. The zero-order chi connectivity index (χ0) is 12.2. The summed E-state index contributed by atoms with van der Waals surface area (Å²) in [5, 5.41) is 7.51. The van der Waals surface area contributed by atoms with Gasteiger partial charge < -0.3 is 10.1 Å². The molecular formula is C11H22N4O. The van der Waals surface area contributed by atoms with Crippen LogP contribution in [-0.4, -0.2) is 40.1 Å². The molecular weight excluding hydrogens is 204 g/mol. The fourth-order valence-corrected chi connectivity index (χ4v) is 1.64. The highest BCUT2D eigenvalue weighted by Crippen LogP contribution is 2.16. The number of hydrogen-bond donors (Lipinski definition) is 1. The highest BCUT2D eigenvalue weighted by atomic mass is 16.5. The molecule has 1 rings (SSSR count). The van der Waals surface area contributed by atoms with E-state index in [9.17, 15) is 0 Å². The Morgan fingerprint density at radius 2 is 2.25 bits per heavy atom. The van der Waals surface area contributed by atoms with E-state index in [0.29, 0.717) is 0 Å². The third kappa shape index (κ3) is 3.02. The minimum atomic E-state index is -0.220. The fourth-order valence-electron chi connectivity index (χ4n) is 1.64. The molecule has 1 unspecified atom stereocenters. The average Bonchev–Trinajstić information content (AvgIpc) is 2.64. The Hall–Kier alpha value is -0.940. The van der Waals surface area contributed by atoms with Crippen molar-refractivity contribution < 1.29 is 4.74 Å². The maximum atomic E-state index is 5.52. The van der Waals surface area contributed by atoms with Gasteiger partial charge in [0.2, 0.25) is 0 Å². The van der Waals surface area contributed by atoms with Crippen LogP contribution in [0.15, 0.2) is 6.33 Å². The normalized spacial score (nSPS) is 14.1. The van der Waals surface area contributed by atoms with Crippen molar-refractivity contribution in [3.63, 3.8) is 0 Å². The first-order valence-electron chi connectivity index (χ1n) is 5.62. The van der Waals surface area contributed by atoms with Crippen LogP contribution >= 0.6 is 0 Å². The van der Waals surface area contributed by atoms with Gasteiger partial charge in [0, 0.05) is 26.6 Å². The van der Waals surface area contributed by atoms with Crippen molar-refractivity contribution in [2.24, 2.45) is 7.05 Å². The van der Waals surface area contributed by atoms with Crippen molar-refractivity contribution in [1.29, 1.82) is 0 Å². The van der Waals surface area contributed by atoms with Crippen LogP contribution in [0.1, 0.15) is 26.6 Å². The smallest absolute Gasteiger partial charge is 0.138 e. The Balaban J connectivity index is 2.76. The average molecular weight is 226 g/mol. The van der Waals surface area contributed by atoms with Gasteiger partial charge in [0.05, 0.1) is 5.60 Å². The summed E-state index contributed by atoms with van der Waals surface area (Å²) in [5.74, 6) is 0.969. The van der Waals surface area contributed by atoms with Crippen molar-refractivity contribution in [2.45, 2.75) is 38.8 Å². The van der Waals surface area contributed by atoms with Crippen molar-refractivity contribution in [1.82, 2.24) is 20.1 Å². The molecule has 0 aromatic carbocycles. The number of rotatable bonds is 6. The maximum absolute atomic E-state index is 5.52. The van der Waals surface area contributed by atoms with Crippen molar-refractivity contribution >= 4 is 0 Å². The molecule has 1 atom stereocenters. The first-order chi connectivity index (χ1) is 7.51. The summed E-state index contributed by atoms with van der Waals surface area (Å²) >= 11 is 0. The molecule has 0 radical (unpaired) electrons. The number of aromatic nitrogens is 3. The van der Waals surface area contributed by atoms with Gasteiger partial charge >= 0.3 is 0 Å². The van der Waals surface area contributed by atoms with Gasteiger partial charge in [0.15, 0.2) is 0 Å². The number of nitrogens with zero attached hydrogens (tertiary/aromatic N) is 3. The second-order valence-corrected chi connectivity index (χ2v) is 4.42. The van der Waals surface area contributed by atoms with Gasteiger partial charge in [0.25, 0.3) is 0 Å². The summed E-state index contributed by atoms with van der Waals surface area (Å²) in [4.78, 5) is 4.24. The van der Waals surface area contributed by atoms with Gasteiger partial charge in [-0.2, -0.15) is 5.10 Å². The van der Waals surface area contributed by atoms with Crippen LogP contribution in [-0.2, 0) is 18.2 Å². The highest BCUT2D eigenvalue weighted by molar-refractivity contribution is 4.95. The molecule has 0 saturated carbocycles. The van der Waals surface area contributed by atoms with E-state index in [1.807, 2.05) is 7.05 Å². The van der Waals surface area contributed by atoms with Gasteiger partial charge in [-0.05, 0) is 20.4 Å². The highest BCUT2D eigenvalue weighted by Gasteiger charge is 2.29. The molecule has 0 aliphatic heterocycles. The fraction of sp³-hybridized carbons (Fsp3) is 0.818. The van der Waals surface area contributed by atoms with Crippen molar-refractivity contribution in [3.8, 4) is 0 Å². The SMILES string of the molecule is CCNC(Cc1ncnn1C)C(C)(C)OC. The van der Waals surface area contributed by atoms with Gasteiger partial charge in [-0.1, -0.05) is 6.92 Å². The van der Waals surface area contributed by atoms with E-state index >= 15 is 0 Å². The third-order valence-corrected chi connectivity index (χ3v) is 3.01. The molecule has 0 fully saturated rings. The molecule has 0 amide bonds. The second kappa shape index (κ2) is 5.41. The van der Waals surface area contributed by atoms with E-state index in [-0.39, 0.29) is 11.6 Å². The largest absolute Gasteiger partial charge is 0.377 e. The lowest BCUT2D eigenvalue weighted by atomic mass is 9.95. The molecule has 0 spiro atoms. The predicted molar refractivity (Wildman–Crippen MR) is 63.3 cm³/mol. The summed E-state index contributed by atoms with van der Waals surface area (Å²) in [6.07, 6.45) is 2.39. The van der Waals surface area contributed by atoms with Crippen LogP contribution in [0, 0.1) is 0 Å². The van der Waals surface area contributed by atoms with Gasteiger partial charge in [-0.15, -0.1) is 0 Å². The standard InChI is InChI=1S/C11H22N4O/c1-6-12-9(11(2,3)16-5)7-10-13-8-14-15(10)4/h8-9,12H,6-7H2,1-5H3. The molecule has 0 aliphatic rings. The van der Waals surface area contributed by atoms with Crippen molar-refractivity contribution in [3.05, 3.63) is 12.2 Å². The summed E-state index contributed by atoms with van der Waals surface area (Å²) < 4.78 is 7.32. The number of nitrogens with one attached hydrogen (secondary N) is 1. The molecule has 0 saturated heterocycles. The van der Waals surface area contributed by atoms with Gasteiger partial charge in [-0.3, -0.25) is 4.68 Å². The lowest BCUT2D eigenvalue weighted by molar-refractivity contribution is -0.0103. The Labute approximate surface area is 97.2 Å². The number of ether oxygens (including phenoxy) is 1. The molecule has 5 nitrogen and oxygen atoms in total. The van der Waals surface area contributed by atoms with Gasteiger partial charge in [0.1, 0.15) is 12.2 Å². The van der Waals surface area contributed by atoms with Crippen LogP contribution in [0.25, 0.3) is 0 Å². The molecule has 1 heterocycles. The molecule has 16 heavy (non-hydrogen) atoms. The molecule has 1 aromatic heterocycles. The summed E-state index contributed by atoms with van der Waals surface area (Å²) in [7, 11) is 3.64. The van der Waals surface area contributed by atoms with E-state index in [1.54, 1.807) is 18.1 Å². The lowest BCUT2D eigenvalue weighted by Crippen LogP contribution is -2.49. The van der Waals surface area contributed by atoms with E-state index in [2.05, 4.69) is 36.2 Å². The zero-order valence-electron chi connectivity index (χ0n) is 10.8. The Morgan fingerprint density at radius 3 is 2.69 bits per heavy atom. The van der Waals surface area contributed by atoms with Crippen LogP contribution in [0.2, 0.25) is 0 Å². The van der Waals surface area contributed by atoms with E-state index in [0.717, 1.165) is 18.8 Å². The quantitative estimate of drug-likeness (QED) is 0.778. The Bertz CT molecular complexity index is 322. The van der Waals surface area contributed by atoms with E-state index < -0.39 is 0 Å². The molecule has 0 aliphatic carbocycles. The predicted octanol–water partition coefficient (Wildman–Crippen LogP) is 0.761. The summed E-state index contributed by atoms with van der Waals surface area (Å²) in [5.41, 5.74) is -0.220. The molecule has 92 valence electrons. The van der Waals surface area contributed by atoms with Crippen LogP contribution in [0.4, 0.5) is 0 Å². The summed E-state index contributed by atoms with van der Waals surface area (Å²) in [6, 6.07) is 0.227. The maximum Gasteiger partial charge on any atom is 0.138 e. The first-order valence-corrected chi connectivity index (χ1v) is 5.62. The Kier molecular flexibility index (Phi) is 4.44.